The molecule has 16 heavy (non-hydrogen) atoms. The number of aliphatic hydroxyl groups is 1. The fourth-order valence-corrected chi connectivity index (χ4v) is 1.48. The molecule has 0 aliphatic heterocycles. The summed E-state index contributed by atoms with van der Waals surface area (Å²) in [4.78, 5) is 11.7. The molecule has 0 bridgehead atoms. The zero-order valence-electron chi connectivity index (χ0n) is 9.44. The maximum atomic E-state index is 11.7. The van der Waals surface area contributed by atoms with Crippen LogP contribution >= 0.6 is 0 Å². The molecular formula is C12H18N2O2. The lowest BCUT2D eigenvalue weighted by Gasteiger charge is -2.15. The lowest BCUT2D eigenvalue weighted by atomic mass is 10.1. The molecule has 88 valence electrons. The first-order chi connectivity index (χ1) is 7.77. The van der Waals surface area contributed by atoms with Crippen LogP contribution in [0.2, 0.25) is 0 Å². The van der Waals surface area contributed by atoms with E-state index in [1.54, 1.807) is 7.05 Å². The van der Waals surface area contributed by atoms with Crippen LogP contribution in [0.4, 0.5) is 0 Å². The topological polar surface area (TPSA) is 61.4 Å². The van der Waals surface area contributed by atoms with Gasteiger partial charge in [0, 0.05) is 6.54 Å². The monoisotopic (exact) mass is 222 g/mol. The summed E-state index contributed by atoms with van der Waals surface area (Å²) in [5, 5.41) is 14.2. The summed E-state index contributed by atoms with van der Waals surface area (Å²) < 4.78 is 0. The molecule has 0 aliphatic carbocycles. The molecule has 4 heteroatoms. The summed E-state index contributed by atoms with van der Waals surface area (Å²) in [6.07, 6.45) is 0.647. The Kier molecular flexibility index (Phi) is 5.53. The summed E-state index contributed by atoms with van der Waals surface area (Å²) in [5.41, 5.74) is 1.11. The number of nitrogens with one attached hydrogen (secondary N) is 2. The molecule has 1 unspecified atom stereocenters. The van der Waals surface area contributed by atoms with E-state index in [-0.39, 0.29) is 18.6 Å². The van der Waals surface area contributed by atoms with Gasteiger partial charge in [-0.25, -0.2) is 0 Å². The normalized spacial score (nSPS) is 12.1. The molecule has 0 saturated carbocycles. The molecule has 1 amide bonds. The number of likely N-dealkylation sites (N-methyl/N-ethyl adjacent to an activating group) is 1. The van der Waals surface area contributed by atoms with Gasteiger partial charge in [0.2, 0.25) is 5.91 Å². The van der Waals surface area contributed by atoms with Gasteiger partial charge in [0.25, 0.3) is 0 Å². The van der Waals surface area contributed by atoms with E-state index < -0.39 is 0 Å². The van der Waals surface area contributed by atoms with E-state index in [1.807, 2.05) is 30.3 Å². The highest BCUT2D eigenvalue weighted by molar-refractivity contribution is 5.82. The van der Waals surface area contributed by atoms with Crippen molar-refractivity contribution in [3.63, 3.8) is 0 Å². The van der Waals surface area contributed by atoms with Crippen LogP contribution in [0.25, 0.3) is 0 Å². The second-order valence-electron chi connectivity index (χ2n) is 3.55. The van der Waals surface area contributed by atoms with E-state index in [0.29, 0.717) is 13.0 Å². The predicted octanol–water partition coefficient (Wildman–Crippen LogP) is -0.0744. The van der Waals surface area contributed by atoms with E-state index in [2.05, 4.69) is 10.6 Å². The molecule has 0 radical (unpaired) electrons. The van der Waals surface area contributed by atoms with E-state index in [9.17, 15) is 4.79 Å². The summed E-state index contributed by atoms with van der Waals surface area (Å²) in [5.74, 6) is -0.0830. The Balaban J connectivity index is 2.52. The Morgan fingerprint density at radius 2 is 2.06 bits per heavy atom. The van der Waals surface area contributed by atoms with Crippen molar-refractivity contribution < 1.29 is 9.90 Å². The number of carbonyl (C=O) groups is 1. The Bertz CT molecular complexity index is 314. The number of amides is 1. The average Bonchev–Trinajstić information content (AvgIpc) is 2.34. The molecule has 0 saturated heterocycles. The fraction of sp³-hybridized carbons (Fsp3) is 0.417. The number of hydrogen-bond donors (Lipinski definition) is 3. The second kappa shape index (κ2) is 6.98. The Labute approximate surface area is 95.7 Å². The summed E-state index contributed by atoms with van der Waals surface area (Å²) in [7, 11) is 1.76. The summed E-state index contributed by atoms with van der Waals surface area (Å²) in [6, 6.07) is 9.58. The third-order valence-electron chi connectivity index (χ3n) is 2.36. The third-order valence-corrected chi connectivity index (χ3v) is 2.36. The molecule has 0 heterocycles. The molecule has 1 rings (SSSR count). The van der Waals surface area contributed by atoms with Crippen LogP contribution < -0.4 is 10.6 Å². The zero-order valence-corrected chi connectivity index (χ0v) is 9.44. The molecule has 0 aliphatic rings. The minimum absolute atomic E-state index is 0.0342. The van der Waals surface area contributed by atoms with E-state index >= 15 is 0 Å². The van der Waals surface area contributed by atoms with Gasteiger partial charge in [0.05, 0.1) is 12.6 Å². The van der Waals surface area contributed by atoms with Crippen LogP contribution in [-0.2, 0) is 11.2 Å². The van der Waals surface area contributed by atoms with Crippen LogP contribution in [0, 0.1) is 0 Å². The number of rotatable bonds is 6. The van der Waals surface area contributed by atoms with Crippen molar-refractivity contribution >= 4 is 5.91 Å². The van der Waals surface area contributed by atoms with E-state index in [0.717, 1.165) is 5.56 Å². The number of aliphatic hydroxyl groups excluding tert-OH is 1. The Hall–Kier alpha value is -1.39. The SMILES string of the molecule is CNC(Cc1ccccc1)C(=O)NCCO. The van der Waals surface area contributed by atoms with E-state index in [1.165, 1.54) is 0 Å². The van der Waals surface area contributed by atoms with Gasteiger partial charge in [-0.3, -0.25) is 4.79 Å². The first kappa shape index (κ1) is 12.7. The Morgan fingerprint density at radius 1 is 1.38 bits per heavy atom. The minimum atomic E-state index is -0.256. The molecule has 0 aromatic heterocycles. The van der Waals surface area contributed by atoms with Crippen LogP contribution in [0.5, 0.6) is 0 Å². The van der Waals surface area contributed by atoms with Gasteiger partial charge in [-0.15, -0.1) is 0 Å². The van der Waals surface area contributed by atoms with Crippen LogP contribution in [0.15, 0.2) is 30.3 Å². The average molecular weight is 222 g/mol. The predicted molar refractivity (Wildman–Crippen MR) is 63.1 cm³/mol. The fourth-order valence-electron chi connectivity index (χ4n) is 1.48. The maximum Gasteiger partial charge on any atom is 0.237 e. The van der Waals surface area contributed by atoms with Crippen molar-refractivity contribution in [2.45, 2.75) is 12.5 Å². The zero-order chi connectivity index (χ0) is 11.8. The minimum Gasteiger partial charge on any atom is -0.395 e. The van der Waals surface area contributed by atoms with Crippen LogP contribution in [0.3, 0.4) is 0 Å². The smallest absolute Gasteiger partial charge is 0.237 e. The van der Waals surface area contributed by atoms with Gasteiger partial charge < -0.3 is 15.7 Å². The number of benzene rings is 1. The molecule has 1 aromatic carbocycles. The van der Waals surface area contributed by atoms with Gasteiger partial charge in [-0.05, 0) is 19.0 Å². The van der Waals surface area contributed by atoms with Gasteiger partial charge in [-0.2, -0.15) is 0 Å². The molecular weight excluding hydrogens is 204 g/mol. The van der Waals surface area contributed by atoms with Gasteiger partial charge in [0.15, 0.2) is 0 Å². The first-order valence-electron chi connectivity index (χ1n) is 5.37. The highest BCUT2D eigenvalue weighted by Gasteiger charge is 2.15. The lowest BCUT2D eigenvalue weighted by molar-refractivity contribution is -0.123. The van der Waals surface area contributed by atoms with Gasteiger partial charge in [-0.1, -0.05) is 30.3 Å². The van der Waals surface area contributed by atoms with Crippen molar-refractivity contribution in [3.05, 3.63) is 35.9 Å². The second-order valence-corrected chi connectivity index (χ2v) is 3.55. The largest absolute Gasteiger partial charge is 0.395 e. The molecule has 1 aromatic rings. The van der Waals surface area contributed by atoms with Gasteiger partial charge in [0.1, 0.15) is 0 Å². The Morgan fingerprint density at radius 3 is 2.62 bits per heavy atom. The molecule has 3 N–H and O–H groups in total. The number of hydrogen-bond acceptors (Lipinski definition) is 3. The van der Waals surface area contributed by atoms with Crippen molar-refractivity contribution in [2.24, 2.45) is 0 Å². The standard InChI is InChI=1S/C12H18N2O2/c1-13-11(12(16)14-7-8-15)9-10-5-3-2-4-6-10/h2-6,11,13,15H,7-9H2,1H3,(H,14,16). The van der Waals surface area contributed by atoms with Crippen molar-refractivity contribution in [1.29, 1.82) is 0 Å². The summed E-state index contributed by atoms with van der Waals surface area (Å²) >= 11 is 0. The van der Waals surface area contributed by atoms with E-state index in [4.69, 9.17) is 5.11 Å². The third kappa shape index (κ3) is 4.00. The van der Waals surface area contributed by atoms with Crippen LogP contribution in [0.1, 0.15) is 5.56 Å². The number of carbonyl (C=O) groups excluding carboxylic acids is 1. The lowest BCUT2D eigenvalue weighted by Crippen LogP contribution is -2.44. The molecule has 1 atom stereocenters. The quantitative estimate of drug-likeness (QED) is 0.631. The highest BCUT2D eigenvalue weighted by atomic mass is 16.3. The highest BCUT2D eigenvalue weighted by Crippen LogP contribution is 2.02. The molecule has 0 spiro atoms. The summed E-state index contributed by atoms with van der Waals surface area (Å²) in [6.45, 7) is 0.263. The van der Waals surface area contributed by atoms with Crippen molar-refractivity contribution in [2.75, 3.05) is 20.2 Å². The maximum absolute atomic E-state index is 11.7. The van der Waals surface area contributed by atoms with Crippen molar-refractivity contribution in [1.82, 2.24) is 10.6 Å². The molecule has 0 fully saturated rings. The molecule has 4 nitrogen and oxygen atoms in total. The van der Waals surface area contributed by atoms with Gasteiger partial charge >= 0.3 is 0 Å². The van der Waals surface area contributed by atoms with Crippen LogP contribution in [-0.4, -0.2) is 37.3 Å². The first-order valence-corrected chi connectivity index (χ1v) is 5.37. The van der Waals surface area contributed by atoms with Crippen molar-refractivity contribution in [3.8, 4) is 0 Å².